The fourth-order valence-electron chi connectivity index (χ4n) is 1.51. The van der Waals surface area contributed by atoms with Crippen molar-refractivity contribution in [2.75, 3.05) is 0 Å². The second kappa shape index (κ2) is 4.71. The number of nitrogens with zero attached hydrogens (tertiary/aromatic N) is 1. The molecule has 1 aromatic carbocycles. The average Bonchev–Trinajstić information content (AvgIpc) is 2.30. The molecule has 1 heterocycles. The van der Waals surface area contributed by atoms with Crippen molar-refractivity contribution in [1.82, 2.24) is 4.98 Å². The van der Waals surface area contributed by atoms with Gasteiger partial charge in [-0.1, -0.05) is 30.3 Å². The first kappa shape index (κ1) is 10.6. The molecule has 1 nitrogen and oxygen atoms in total. The van der Waals surface area contributed by atoms with Crippen LogP contribution in [-0.4, -0.2) is 4.98 Å². The van der Waals surface area contributed by atoms with E-state index in [4.69, 9.17) is 0 Å². The van der Waals surface area contributed by atoms with E-state index in [0.717, 1.165) is 16.8 Å². The van der Waals surface area contributed by atoms with Gasteiger partial charge in [-0.05, 0) is 30.7 Å². The summed E-state index contributed by atoms with van der Waals surface area (Å²) in [5, 5.41) is 0. The molecule has 0 radical (unpaired) electrons. The summed E-state index contributed by atoms with van der Waals surface area (Å²) in [7, 11) is 0. The minimum atomic E-state index is -0.189. The van der Waals surface area contributed by atoms with Crippen LogP contribution in [0.1, 0.15) is 12.5 Å². The molecule has 2 rings (SSSR count). The van der Waals surface area contributed by atoms with Crippen molar-refractivity contribution in [2.45, 2.75) is 6.92 Å². The fraction of sp³-hybridized carbons (Fsp3) is 0.0714. The van der Waals surface area contributed by atoms with Gasteiger partial charge in [-0.3, -0.25) is 4.98 Å². The minimum absolute atomic E-state index is 0.189. The highest BCUT2D eigenvalue weighted by molar-refractivity contribution is 5.62. The fourth-order valence-corrected chi connectivity index (χ4v) is 1.51. The van der Waals surface area contributed by atoms with Crippen molar-refractivity contribution < 1.29 is 4.39 Å². The number of halogens is 1. The van der Waals surface area contributed by atoms with Crippen molar-refractivity contribution in [2.24, 2.45) is 0 Å². The normalized spacial score (nSPS) is 11.5. The number of allylic oxidation sites excluding steroid dienone is 1. The first-order valence-corrected chi connectivity index (χ1v) is 5.11. The zero-order valence-corrected chi connectivity index (χ0v) is 9.02. The molecule has 0 saturated carbocycles. The summed E-state index contributed by atoms with van der Waals surface area (Å²) in [4.78, 5) is 4.25. The van der Waals surface area contributed by atoms with Gasteiger partial charge in [-0.25, -0.2) is 4.39 Å². The Balaban J connectivity index is 2.30. The molecule has 2 heteroatoms. The second-order valence-corrected chi connectivity index (χ2v) is 3.57. The molecule has 0 spiro atoms. The van der Waals surface area contributed by atoms with Gasteiger partial charge in [0.15, 0.2) is 0 Å². The third kappa shape index (κ3) is 2.54. The molecule has 0 aliphatic heterocycles. The summed E-state index contributed by atoms with van der Waals surface area (Å²) >= 11 is 0. The van der Waals surface area contributed by atoms with E-state index in [1.807, 2.05) is 42.5 Å². The zero-order valence-electron chi connectivity index (χ0n) is 9.02. The molecule has 0 aliphatic rings. The predicted octanol–water partition coefficient (Wildman–Crippen LogP) is 4.08. The van der Waals surface area contributed by atoms with Crippen LogP contribution in [0.15, 0.2) is 54.5 Å². The maximum atomic E-state index is 12.7. The van der Waals surface area contributed by atoms with Crippen molar-refractivity contribution in [3.63, 3.8) is 0 Å². The number of hydrogen-bond acceptors (Lipinski definition) is 1. The quantitative estimate of drug-likeness (QED) is 0.732. The maximum Gasteiger partial charge on any atom is 0.0974 e. The van der Waals surface area contributed by atoms with Crippen LogP contribution < -0.4 is 0 Å². The largest absolute Gasteiger partial charge is 0.256 e. The Hall–Kier alpha value is -1.96. The molecular weight excluding hydrogens is 201 g/mol. The van der Waals surface area contributed by atoms with Crippen LogP contribution in [0, 0.1) is 0 Å². The lowest BCUT2D eigenvalue weighted by Crippen LogP contribution is -1.81. The Morgan fingerprint density at radius 2 is 1.88 bits per heavy atom. The van der Waals surface area contributed by atoms with Crippen molar-refractivity contribution in [1.29, 1.82) is 0 Å². The standard InChI is InChI=1S/C14H12FN/c1-11(15)10-12-5-7-13(8-6-12)14-4-2-3-9-16-14/h2-10H,1H3/b11-10-. The number of pyridine rings is 1. The topological polar surface area (TPSA) is 12.9 Å². The lowest BCUT2D eigenvalue weighted by Gasteiger charge is -2.00. The molecule has 0 aliphatic carbocycles. The Morgan fingerprint density at radius 1 is 1.12 bits per heavy atom. The summed E-state index contributed by atoms with van der Waals surface area (Å²) in [6.45, 7) is 1.44. The van der Waals surface area contributed by atoms with Crippen LogP contribution >= 0.6 is 0 Å². The lowest BCUT2D eigenvalue weighted by molar-refractivity contribution is 0.648. The minimum Gasteiger partial charge on any atom is -0.256 e. The van der Waals surface area contributed by atoms with Gasteiger partial charge in [0.25, 0.3) is 0 Å². The molecule has 0 N–H and O–H groups in total. The molecule has 1 aromatic heterocycles. The van der Waals surface area contributed by atoms with Gasteiger partial charge in [0, 0.05) is 11.8 Å². The number of rotatable bonds is 2. The van der Waals surface area contributed by atoms with E-state index in [1.165, 1.54) is 13.0 Å². The van der Waals surface area contributed by atoms with Crippen LogP contribution in [0.25, 0.3) is 17.3 Å². The van der Waals surface area contributed by atoms with Gasteiger partial charge in [0.1, 0.15) is 0 Å². The molecular formula is C14H12FN. The van der Waals surface area contributed by atoms with Gasteiger partial charge < -0.3 is 0 Å². The van der Waals surface area contributed by atoms with Gasteiger partial charge >= 0.3 is 0 Å². The molecule has 2 aromatic rings. The molecule has 0 saturated heterocycles. The van der Waals surface area contributed by atoms with Crippen molar-refractivity contribution in [3.8, 4) is 11.3 Å². The first-order valence-electron chi connectivity index (χ1n) is 5.11. The number of aromatic nitrogens is 1. The molecule has 0 fully saturated rings. The van der Waals surface area contributed by atoms with E-state index in [2.05, 4.69) is 4.98 Å². The Morgan fingerprint density at radius 3 is 2.44 bits per heavy atom. The van der Waals surface area contributed by atoms with Crippen molar-refractivity contribution >= 4 is 6.08 Å². The highest BCUT2D eigenvalue weighted by atomic mass is 19.1. The van der Waals surface area contributed by atoms with Crippen LogP contribution in [-0.2, 0) is 0 Å². The van der Waals surface area contributed by atoms with E-state index in [9.17, 15) is 4.39 Å². The molecule has 0 unspecified atom stereocenters. The van der Waals surface area contributed by atoms with E-state index in [1.54, 1.807) is 6.20 Å². The summed E-state index contributed by atoms with van der Waals surface area (Å²) in [5.74, 6) is -0.189. The highest BCUT2D eigenvalue weighted by Crippen LogP contribution is 2.18. The van der Waals surface area contributed by atoms with Gasteiger partial charge in [-0.15, -0.1) is 0 Å². The van der Waals surface area contributed by atoms with E-state index < -0.39 is 0 Å². The van der Waals surface area contributed by atoms with Crippen LogP contribution in [0.3, 0.4) is 0 Å². The van der Waals surface area contributed by atoms with Gasteiger partial charge in [0.2, 0.25) is 0 Å². The predicted molar refractivity (Wildman–Crippen MR) is 64.4 cm³/mol. The SMILES string of the molecule is C/C(F)=C/c1ccc(-c2ccccn2)cc1. The van der Waals surface area contributed by atoms with E-state index in [-0.39, 0.29) is 5.83 Å². The van der Waals surface area contributed by atoms with Crippen molar-refractivity contribution in [3.05, 3.63) is 60.1 Å². The molecule has 0 amide bonds. The van der Waals surface area contributed by atoms with Crippen LogP contribution in [0.5, 0.6) is 0 Å². The summed E-state index contributed by atoms with van der Waals surface area (Å²) < 4.78 is 12.7. The summed E-state index contributed by atoms with van der Waals surface area (Å²) in [6.07, 6.45) is 3.26. The summed E-state index contributed by atoms with van der Waals surface area (Å²) in [6, 6.07) is 13.4. The molecule has 0 atom stereocenters. The number of hydrogen-bond donors (Lipinski definition) is 0. The van der Waals surface area contributed by atoms with Gasteiger partial charge in [-0.2, -0.15) is 0 Å². The second-order valence-electron chi connectivity index (χ2n) is 3.57. The highest BCUT2D eigenvalue weighted by Gasteiger charge is 1.97. The van der Waals surface area contributed by atoms with Crippen LogP contribution in [0.2, 0.25) is 0 Å². The Labute approximate surface area is 94.3 Å². The molecule has 0 bridgehead atoms. The lowest BCUT2D eigenvalue weighted by atomic mass is 10.1. The molecule has 80 valence electrons. The van der Waals surface area contributed by atoms with Gasteiger partial charge in [0.05, 0.1) is 11.5 Å². The Bertz CT molecular complexity index is 482. The van der Waals surface area contributed by atoms with E-state index >= 15 is 0 Å². The van der Waals surface area contributed by atoms with Crippen LogP contribution in [0.4, 0.5) is 4.39 Å². The monoisotopic (exact) mass is 213 g/mol. The maximum absolute atomic E-state index is 12.7. The third-order valence-corrected chi connectivity index (χ3v) is 2.24. The zero-order chi connectivity index (χ0) is 11.4. The van der Waals surface area contributed by atoms with E-state index in [0.29, 0.717) is 0 Å². The Kier molecular flexibility index (Phi) is 3.10. The molecule has 16 heavy (non-hydrogen) atoms. The summed E-state index contributed by atoms with van der Waals surface area (Å²) in [5.41, 5.74) is 2.82. The number of benzene rings is 1. The average molecular weight is 213 g/mol. The third-order valence-electron chi connectivity index (χ3n) is 2.24. The first-order chi connectivity index (χ1) is 7.75. The smallest absolute Gasteiger partial charge is 0.0974 e.